The quantitative estimate of drug-likeness (QED) is 0.173. The van der Waals surface area contributed by atoms with Gasteiger partial charge in [0.1, 0.15) is 17.7 Å². The van der Waals surface area contributed by atoms with E-state index in [0.29, 0.717) is 46.9 Å². The molecule has 0 aliphatic carbocycles. The average molecular weight is 666 g/mol. The number of hydrogen-bond acceptors (Lipinski definition) is 7. The van der Waals surface area contributed by atoms with E-state index in [-0.39, 0.29) is 25.0 Å². The Bertz CT molecular complexity index is 1640. The number of carbonyl (C=O) groups excluding carboxylic acids is 2. The number of cyclic esters (lactones) is 1. The minimum Gasteiger partial charge on any atom is -0.496 e. The summed E-state index contributed by atoms with van der Waals surface area (Å²) in [4.78, 5) is 33.3. The zero-order valence-corrected chi connectivity index (χ0v) is 26.1. The monoisotopic (exact) mass is 665 g/mol. The highest BCUT2D eigenvalue weighted by Crippen LogP contribution is 2.43. The molecule has 2 fully saturated rings. The average Bonchev–Trinajstić information content (AvgIpc) is 3.26. The zero-order chi connectivity index (χ0) is 34.3. The number of aromatic nitrogens is 1. The largest absolute Gasteiger partial charge is 0.496 e. The molecule has 0 radical (unpaired) electrons. The van der Waals surface area contributed by atoms with Crippen LogP contribution in [0.4, 0.5) is 37.0 Å². The van der Waals surface area contributed by atoms with Crippen LogP contribution < -0.4 is 9.64 Å². The van der Waals surface area contributed by atoms with Gasteiger partial charge in [-0.25, -0.2) is 9.78 Å². The van der Waals surface area contributed by atoms with Crippen molar-refractivity contribution in [2.45, 2.75) is 64.2 Å². The lowest BCUT2D eigenvalue weighted by atomic mass is 9.94. The van der Waals surface area contributed by atoms with E-state index in [1.54, 1.807) is 6.07 Å². The Morgan fingerprint density at radius 3 is 2.21 bits per heavy atom. The Balaban J connectivity index is 1.55. The molecule has 252 valence electrons. The van der Waals surface area contributed by atoms with Gasteiger partial charge < -0.3 is 19.1 Å². The number of hydrogen-bond donors (Lipinski definition) is 0. The maximum Gasteiger partial charge on any atom is 0.416 e. The second-order valence-corrected chi connectivity index (χ2v) is 11.6. The third-order valence-electron chi connectivity index (χ3n) is 8.49. The summed E-state index contributed by atoms with van der Waals surface area (Å²) in [6.45, 7) is 4.77. The van der Waals surface area contributed by atoms with Crippen LogP contribution in [-0.4, -0.2) is 55.3 Å². The molecular weight excluding hydrogens is 632 g/mol. The van der Waals surface area contributed by atoms with Crippen molar-refractivity contribution in [3.05, 3.63) is 76.0 Å². The lowest BCUT2D eigenvalue weighted by molar-refractivity contribution is -0.143. The number of halogens is 6. The fraction of sp³-hybridized carbons (Fsp3) is 0.424. The number of esters is 1. The predicted molar refractivity (Wildman–Crippen MR) is 159 cm³/mol. The number of aryl methyl sites for hydroxylation is 2. The van der Waals surface area contributed by atoms with Gasteiger partial charge in [-0.1, -0.05) is 6.07 Å². The highest BCUT2D eigenvalue weighted by atomic mass is 19.4. The number of amides is 1. The van der Waals surface area contributed by atoms with Crippen molar-refractivity contribution in [1.29, 1.82) is 0 Å². The van der Waals surface area contributed by atoms with Gasteiger partial charge in [0.05, 0.1) is 43.6 Å². The van der Waals surface area contributed by atoms with Crippen LogP contribution in [0.25, 0.3) is 11.1 Å². The van der Waals surface area contributed by atoms with Gasteiger partial charge in [-0.3, -0.25) is 9.69 Å². The molecule has 2 atom stereocenters. The fourth-order valence-corrected chi connectivity index (χ4v) is 5.83. The second kappa shape index (κ2) is 13.0. The minimum atomic E-state index is -5.06. The number of ether oxygens (including phenoxy) is 3. The first kappa shape index (κ1) is 33.9. The molecule has 1 aromatic heterocycles. The molecule has 8 nitrogen and oxygen atoms in total. The standard InChI is InChI=1S/C33H33F6N3O5/c1-18-12-27(41-10-5-11-41)40-25(29(18)24-13-20(6-8-26(24)45-3)7-9-28(43)46-4)17-42-19(2)30(47-31(42)44)21-14-22(32(34,35)36)16-23(15-21)33(37,38)39/h6,8,12-16,19,30H,5,7,9-11,17H2,1-4H3/t19-,30-/m0/s1. The van der Waals surface area contributed by atoms with Gasteiger partial charge >= 0.3 is 24.4 Å². The van der Waals surface area contributed by atoms with Crippen molar-refractivity contribution in [2.75, 3.05) is 32.2 Å². The van der Waals surface area contributed by atoms with Crippen molar-refractivity contribution in [3.8, 4) is 16.9 Å². The number of carbonyl (C=O) groups is 2. The van der Waals surface area contributed by atoms with E-state index >= 15 is 0 Å². The van der Waals surface area contributed by atoms with Crippen LogP contribution in [-0.2, 0) is 39.6 Å². The van der Waals surface area contributed by atoms with Crippen molar-refractivity contribution >= 4 is 17.9 Å². The highest BCUT2D eigenvalue weighted by molar-refractivity contribution is 5.79. The lowest BCUT2D eigenvalue weighted by Crippen LogP contribution is -2.38. The summed E-state index contributed by atoms with van der Waals surface area (Å²) in [5.74, 6) is 0.782. The van der Waals surface area contributed by atoms with Crippen molar-refractivity contribution in [2.24, 2.45) is 0 Å². The first-order chi connectivity index (χ1) is 22.1. The molecule has 3 aromatic rings. The van der Waals surface area contributed by atoms with E-state index in [1.807, 2.05) is 25.1 Å². The minimum absolute atomic E-state index is 0.0374. The van der Waals surface area contributed by atoms with Gasteiger partial charge in [-0.2, -0.15) is 26.3 Å². The van der Waals surface area contributed by atoms with E-state index in [1.165, 1.54) is 26.0 Å². The summed E-state index contributed by atoms with van der Waals surface area (Å²) in [6.07, 6.45) is -10.9. The molecule has 1 amide bonds. The third-order valence-corrected chi connectivity index (χ3v) is 8.49. The van der Waals surface area contributed by atoms with Crippen molar-refractivity contribution < 1.29 is 50.1 Å². The molecule has 0 bridgehead atoms. The van der Waals surface area contributed by atoms with Crippen LogP contribution >= 0.6 is 0 Å². The van der Waals surface area contributed by atoms with Crippen LogP contribution in [0.15, 0.2) is 42.5 Å². The topological polar surface area (TPSA) is 81.2 Å². The smallest absolute Gasteiger partial charge is 0.416 e. The Morgan fingerprint density at radius 1 is 1.00 bits per heavy atom. The molecule has 0 N–H and O–H groups in total. The van der Waals surface area contributed by atoms with Crippen LogP contribution in [0.5, 0.6) is 5.75 Å². The number of methoxy groups -OCH3 is 2. The maximum absolute atomic E-state index is 13.6. The molecule has 2 aromatic carbocycles. The van der Waals surface area contributed by atoms with Gasteiger partial charge in [-0.05, 0) is 79.8 Å². The molecule has 0 unspecified atom stereocenters. The lowest BCUT2D eigenvalue weighted by Gasteiger charge is -2.33. The van der Waals surface area contributed by atoms with Crippen molar-refractivity contribution in [1.82, 2.24) is 9.88 Å². The fourth-order valence-electron chi connectivity index (χ4n) is 5.83. The number of pyridine rings is 1. The van der Waals surface area contributed by atoms with E-state index in [9.17, 15) is 35.9 Å². The van der Waals surface area contributed by atoms with Gasteiger partial charge in [0.25, 0.3) is 0 Å². The Hall–Kier alpha value is -4.49. The highest BCUT2D eigenvalue weighted by Gasteiger charge is 2.44. The van der Waals surface area contributed by atoms with Gasteiger partial charge in [0.15, 0.2) is 0 Å². The Morgan fingerprint density at radius 2 is 1.66 bits per heavy atom. The second-order valence-electron chi connectivity index (χ2n) is 11.6. The molecule has 2 aliphatic heterocycles. The van der Waals surface area contributed by atoms with Crippen LogP contribution in [0.2, 0.25) is 0 Å². The molecular formula is C33H33F6N3O5. The van der Waals surface area contributed by atoms with Crippen molar-refractivity contribution in [3.63, 3.8) is 0 Å². The van der Waals surface area contributed by atoms with Crippen LogP contribution in [0, 0.1) is 6.92 Å². The molecule has 0 spiro atoms. The first-order valence-corrected chi connectivity index (χ1v) is 14.9. The number of alkyl halides is 6. The Labute approximate surface area is 267 Å². The Kier molecular flexibility index (Phi) is 9.33. The van der Waals surface area contributed by atoms with Crippen LogP contribution in [0.1, 0.15) is 59.4 Å². The van der Waals surface area contributed by atoms with Gasteiger partial charge in [0, 0.05) is 30.6 Å². The van der Waals surface area contributed by atoms with E-state index < -0.39 is 47.3 Å². The predicted octanol–water partition coefficient (Wildman–Crippen LogP) is 7.50. The molecule has 47 heavy (non-hydrogen) atoms. The molecule has 2 saturated heterocycles. The molecule has 5 rings (SSSR count). The summed E-state index contributed by atoms with van der Waals surface area (Å²) in [5.41, 5.74) is -0.112. The molecule has 3 heterocycles. The molecule has 14 heteroatoms. The maximum atomic E-state index is 13.6. The summed E-state index contributed by atoms with van der Waals surface area (Å²) in [6, 6.07) is 7.58. The van der Waals surface area contributed by atoms with E-state index in [0.717, 1.165) is 30.6 Å². The van der Waals surface area contributed by atoms with Crippen LogP contribution in [0.3, 0.4) is 0 Å². The summed E-state index contributed by atoms with van der Waals surface area (Å²) < 4.78 is 97.5. The van der Waals surface area contributed by atoms with E-state index in [4.69, 9.17) is 19.2 Å². The molecule has 0 saturated carbocycles. The summed E-state index contributed by atoms with van der Waals surface area (Å²) >= 11 is 0. The van der Waals surface area contributed by atoms with E-state index in [2.05, 4.69) is 4.90 Å². The summed E-state index contributed by atoms with van der Waals surface area (Å²) in [7, 11) is 2.80. The number of rotatable bonds is 9. The summed E-state index contributed by atoms with van der Waals surface area (Å²) in [5, 5.41) is 0. The number of anilines is 1. The number of benzene rings is 2. The third kappa shape index (κ3) is 7.10. The first-order valence-electron chi connectivity index (χ1n) is 14.9. The normalized spacial score (nSPS) is 18.2. The van der Waals surface area contributed by atoms with Gasteiger partial charge in [0.2, 0.25) is 0 Å². The SMILES string of the molecule is COC(=O)CCc1ccc(OC)c(-c2c(C)cc(N3CCC3)nc2CN2C(=O)O[C@H](c3cc(C(F)(F)F)cc(C(F)(F)F)c3)[C@@H]2C)c1. The number of nitrogens with zero attached hydrogens (tertiary/aromatic N) is 3. The zero-order valence-electron chi connectivity index (χ0n) is 26.1. The van der Waals surface area contributed by atoms with Gasteiger partial charge in [-0.15, -0.1) is 0 Å². The molecule has 2 aliphatic rings.